The number of hydrogen-bond acceptors (Lipinski definition) is 2. The molecule has 1 aromatic heterocycles. The molecule has 0 unspecified atom stereocenters. The highest BCUT2D eigenvalue weighted by Gasteiger charge is 2.16. The van der Waals surface area contributed by atoms with Crippen molar-refractivity contribution in [3.05, 3.63) is 78.1 Å². The Balaban J connectivity index is 1.92. The lowest BCUT2D eigenvalue weighted by molar-refractivity contribution is 0.599. The van der Waals surface area contributed by atoms with Gasteiger partial charge >= 0.3 is 0 Å². The van der Waals surface area contributed by atoms with Crippen molar-refractivity contribution in [1.82, 2.24) is 0 Å². The van der Waals surface area contributed by atoms with Crippen molar-refractivity contribution in [2.45, 2.75) is 6.42 Å². The van der Waals surface area contributed by atoms with E-state index in [1.54, 1.807) is 0 Å². The number of anilines is 1. The van der Waals surface area contributed by atoms with Crippen LogP contribution in [0.4, 0.5) is 5.69 Å². The summed E-state index contributed by atoms with van der Waals surface area (Å²) in [6.45, 7) is 4.15. The Hall–Kier alpha value is -2.74. The van der Waals surface area contributed by atoms with Gasteiger partial charge in [-0.2, -0.15) is 0 Å². The normalized spacial score (nSPS) is 15.3. The van der Waals surface area contributed by atoms with Gasteiger partial charge in [0.25, 0.3) is 0 Å². The first kappa shape index (κ1) is 12.0. The van der Waals surface area contributed by atoms with Gasteiger partial charge in [0.15, 0.2) is 5.76 Å². The van der Waals surface area contributed by atoms with E-state index in [0.717, 1.165) is 40.1 Å². The topological polar surface area (TPSA) is 25.2 Å². The van der Waals surface area contributed by atoms with Crippen molar-refractivity contribution in [3.8, 4) is 0 Å². The summed E-state index contributed by atoms with van der Waals surface area (Å²) < 4.78 is 6.00. The van der Waals surface area contributed by atoms with E-state index < -0.39 is 0 Å². The fourth-order valence-corrected chi connectivity index (χ4v) is 2.80. The van der Waals surface area contributed by atoms with Gasteiger partial charge in [-0.3, -0.25) is 0 Å². The van der Waals surface area contributed by atoms with Crippen molar-refractivity contribution >= 4 is 28.4 Å². The Labute approximate surface area is 123 Å². The first-order valence-corrected chi connectivity index (χ1v) is 7.05. The summed E-state index contributed by atoms with van der Waals surface area (Å²) in [4.78, 5) is 0. The third kappa shape index (κ3) is 1.96. The Morgan fingerprint density at radius 2 is 1.81 bits per heavy atom. The monoisotopic (exact) mass is 273 g/mol. The van der Waals surface area contributed by atoms with Gasteiger partial charge in [0, 0.05) is 16.6 Å². The summed E-state index contributed by atoms with van der Waals surface area (Å²) in [5, 5.41) is 4.51. The van der Waals surface area contributed by atoms with E-state index in [9.17, 15) is 0 Å². The van der Waals surface area contributed by atoms with Crippen LogP contribution in [0.25, 0.3) is 22.7 Å². The third-order valence-electron chi connectivity index (χ3n) is 3.83. The lowest BCUT2D eigenvalue weighted by Crippen LogP contribution is -1.99. The lowest BCUT2D eigenvalue weighted by atomic mass is 10.1. The Bertz CT molecular complexity index is 870. The molecule has 0 saturated heterocycles. The number of benzene rings is 2. The lowest BCUT2D eigenvalue weighted by Gasteiger charge is -2.11. The summed E-state index contributed by atoms with van der Waals surface area (Å²) in [5.41, 5.74) is 5.12. The molecule has 0 amide bonds. The second kappa shape index (κ2) is 4.67. The zero-order chi connectivity index (χ0) is 14.2. The van der Waals surface area contributed by atoms with Crippen molar-refractivity contribution in [3.63, 3.8) is 0 Å². The molecule has 0 fully saturated rings. The molecule has 1 aliphatic rings. The maximum atomic E-state index is 6.00. The van der Waals surface area contributed by atoms with Crippen LogP contribution in [0.5, 0.6) is 0 Å². The van der Waals surface area contributed by atoms with Crippen LogP contribution in [-0.4, -0.2) is 0 Å². The fraction of sp³-hybridized carbons (Fsp3) is 0.0526. The van der Waals surface area contributed by atoms with Gasteiger partial charge in [-0.25, -0.2) is 0 Å². The highest BCUT2D eigenvalue weighted by molar-refractivity contribution is 5.94. The van der Waals surface area contributed by atoms with E-state index in [2.05, 4.69) is 48.3 Å². The van der Waals surface area contributed by atoms with Crippen LogP contribution in [0.2, 0.25) is 0 Å². The van der Waals surface area contributed by atoms with Crippen LogP contribution in [0.3, 0.4) is 0 Å². The Morgan fingerprint density at radius 3 is 2.76 bits per heavy atom. The minimum absolute atomic E-state index is 0.792. The predicted molar refractivity (Wildman–Crippen MR) is 88.1 cm³/mol. The van der Waals surface area contributed by atoms with Gasteiger partial charge in [0.05, 0.1) is 5.70 Å². The van der Waals surface area contributed by atoms with Crippen LogP contribution < -0.4 is 5.32 Å². The van der Waals surface area contributed by atoms with Crippen molar-refractivity contribution in [1.29, 1.82) is 0 Å². The van der Waals surface area contributed by atoms with E-state index in [1.165, 1.54) is 5.56 Å². The number of nitrogens with one attached hydrogen (secondary N) is 1. The van der Waals surface area contributed by atoms with Gasteiger partial charge < -0.3 is 9.73 Å². The highest BCUT2D eigenvalue weighted by Crippen LogP contribution is 2.33. The summed E-state index contributed by atoms with van der Waals surface area (Å²) in [7, 11) is 0. The molecule has 0 spiro atoms. The molecule has 0 bridgehead atoms. The molecular formula is C19H15NO. The number of allylic oxidation sites excluding steroid dienone is 1. The zero-order valence-corrected chi connectivity index (χ0v) is 11.6. The van der Waals surface area contributed by atoms with Crippen molar-refractivity contribution < 1.29 is 4.42 Å². The summed E-state index contributed by atoms with van der Waals surface area (Å²) in [6, 6.07) is 16.4. The second-order valence-corrected chi connectivity index (χ2v) is 5.21. The summed E-state index contributed by atoms with van der Waals surface area (Å²) in [5.74, 6) is 0.809. The second-order valence-electron chi connectivity index (χ2n) is 5.21. The first-order valence-electron chi connectivity index (χ1n) is 7.05. The molecule has 3 aromatic rings. The van der Waals surface area contributed by atoms with Gasteiger partial charge in [0.1, 0.15) is 5.58 Å². The summed E-state index contributed by atoms with van der Waals surface area (Å²) >= 11 is 0. The van der Waals surface area contributed by atoms with Gasteiger partial charge in [0.2, 0.25) is 0 Å². The maximum absolute atomic E-state index is 6.00. The number of hydrogen-bond donors (Lipinski definition) is 1. The van der Waals surface area contributed by atoms with Crippen LogP contribution >= 0.6 is 0 Å². The molecule has 0 saturated carbocycles. The van der Waals surface area contributed by atoms with Crippen LogP contribution in [0.15, 0.2) is 65.6 Å². The average Bonchev–Trinajstić information content (AvgIpc) is 2.89. The molecular weight excluding hydrogens is 258 g/mol. The zero-order valence-electron chi connectivity index (χ0n) is 11.6. The van der Waals surface area contributed by atoms with E-state index in [1.807, 2.05) is 24.3 Å². The largest absolute Gasteiger partial charge is 0.454 e. The number of fused-ring (bicyclic) bond motifs is 4. The molecule has 1 N–H and O–H groups in total. The molecule has 2 heterocycles. The smallest absolute Gasteiger partial charge is 0.158 e. The van der Waals surface area contributed by atoms with E-state index >= 15 is 0 Å². The fourth-order valence-electron chi connectivity index (χ4n) is 2.80. The van der Waals surface area contributed by atoms with Crippen molar-refractivity contribution in [2.75, 3.05) is 5.32 Å². The third-order valence-corrected chi connectivity index (χ3v) is 3.83. The first-order chi connectivity index (χ1) is 10.3. The molecule has 0 aliphatic carbocycles. The SMILES string of the molecule is C=C1Nc2ccccc2C/C=C\c2c1oc1ccccc21. The van der Waals surface area contributed by atoms with E-state index in [-0.39, 0.29) is 0 Å². The van der Waals surface area contributed by atoms with Crippen LogP contribution in [-0.2, 0) is 6.42 Å². The minimum atomic E-state index is 0.792. The summed E-state index contributed by atoms with van der Waals surface area (Å²) in [6.07, 6.45) is 5.20. The number of rotatable bonds is 0. The van der Waals surface area contributed by atoms with E-state index in [0.29, 0.717) is 0 Å². The molecule has 0 atom stereocenters. The van der Waals surface area contributed by atoms with Gasteiger partial charge in [-0.1, -0.05) is 55.1 Å². The number of furan rings is 1. The molecule has 1 aliphatic heterocycles. The molecule has 4 rings (SSSR count). The molecule has 2 heteroatoms. The van der Waals surface area contributed by atoms with Crippen LogP contribution in [0.1, 0.15) is 16.9 Å². The standard InChI is InChI=1S/C19H15NO/c1-13-19-16(15-9-3-5-12-18(15)21-19)10-6-8-14-7-2-4-11-17(14)20-13/h2-7,9-12,20H,1,8H2/b10-6-. The Morgan fingerprint density at radius 1 is 1.00 bits per heavy atom. The quantitative estimate of drug-likeness (QED) is 0.617. The molecule has 21 heavy (non-hydrogen) atoms. The maximum Gasteiger partial charge on any atom is 0.158 e. The van der Waals surface area contributed by atoms with Gasteiger partial charge in [-0.05, 0) is 24.1 Å². The molecule has 2 aromatic carbocycles. The number of para-hydroxylation sites is 2. The highest BCUT2D eigenvalue weighted by atomic mass is 16.3. The predicted octanol–water partition coefficient (Wildman–Crippen LogP) is 5.08. The van der Waals surface area contributed by atoms with Crippen molar-refractivity contribution in [2.24, 2.45) is 0 Å². The van der Waals surface area contributed by atoms with Crippen LogP contribution in [0, 0.1) is 0 Å². The Kier molecular flexibility index (Phi) is 2.68. The minimum Gasteiger partial charge on any atom is -0.454 e. The molecule has 102 valence electrons. The van der Waals surface area contributed by atoms with E-state index in [4.69, 9.17) is 4.42 Å². The molecule has 0 radical (unpaired) electrons. The average molecular weight is 273 g/mol. The molecule has 2 nitrogen and oxygen atoms in total. The van der Waals surface area contributed by atoms with Gasteiger partial charge in [-0.15, -0.1) is 0 Å².